The van der Waals surface area contributed by atoms with Gasteiger partial charge in [-0.05, 0) is 0 Å². The van der Waals surface area contributed by atoms with Crippen LogP contribution in [0.15, 0.2) is 0 Å². The Labute approximate surface area is 30.4 Å². The summed E-state index contributed by atoms with van der Waals surface area (Å²) < 4.78 is 16.9. The predicted octanol–water partition coefficient (Wildman–Crippen LogP) is -1.06. The molecule has 4 heavy (non-hydrogen) atoms. The number of hydrogen-bond donors (Lipinski definition) is 0. The Balaban J connectivity index is 0. The summed E-state index contributed by atoms with van der Waals surface area (Å²) in [5, 5.41) is 0. The Morgan fingerprint density at radius 2 is 1.25 bits per heavy atom. The zero-order valence-electron chi connectivity index (χ0n) is 1.65. The molecular formula is H2O3Rh. The third-order valence-corrected chi connectivity index (χ3v) is 0. The van der Waals surface area contributed by atoms with Crippen molar-refractivity contribution < 1.29 is 29.7 Å². The van der Waals surface area contributed by atoms with E-state index in [2.05, 4.69) is 0 Å². The van der Waals surface area contributed by atoms with Gasteiger partial charge >= 0.3 is 24.2 Å². The maximum atomic E-state index is 8.44. The topological polar surface area (TPSA) is 65.6 Å². The summed E-state index contributed by atoms with van der Waals surface area (Å²) in [6.07, 6.45) is 0. The van der Waals surface area contributed by atoms with Gasteiger partial charge in [0.1, 0.15) is 0 Å². The molecule has 0 saturated heterocycles. The second-order valence-electron chi connectivity index (χ2n) is 0.0556. The molecular weight excluding hydrogens is 151 g/mol. The molecule has 0 amide bonds. The fraction of sp³-hybridized carbons (Fsp3) is 0. The van der Waals surface area contributed by atoms with Gasteiger partial charge in [-0.1, -0.05) is 0 Å². The summed E-state index contributed by atoms with van der Waals surface area (Å²) in [6.45, 7) is 0. The van der Waals surface area contributed by atoms with Crippen molar-refractivity contribution in [3.05, 3.63) is 0 Å². The molecule has 0 bridgehead atoms. The molecule has 0 aromatic carbocycles. The molecule has 0 aliphatic rings. The maximum absolute atomic E-state index is 8.44. The van der Waals surface area contributed by atoms with Gasteiger partial charge in [0.25, 0.3) is 0 Å². The van der Waals surface area contributed by atoms with Gasteiger partial charge in [0.05, 0.1) is 0 Å². The van der Waals surface area contributed by atoms with E-state index in [1.54, 1.807) is 0 Å². The molecule has 29 valence electrons. The summed E-state index contributed by atoms with van der Waals surface area (Å²) in [5.41, 5.74) is 0. The van der Waals surface area contributed by atoms with Crippen molar-refractivity contribution in [3.8, 4) is 0 Å². The van der Waals surface area contributed by atoms with Gasteiger partial charge < -0.3 is 5.48 Å². The standard InChI is InChI=1S/H2O.2O.Rh/h1H2;;;. The first kappa shape index (κ1) is 8.89. The molecule has 2 N–H and O–H groups in total. The summed E-state index contributed by atoms with van der Waals surface area (Å²) in [5.74, 6) is 0. The molecule has 0 radical (unpaired) electrons. The van der Waals surface area contributed by atoms with Crippen LogP contribution in [-0.4, -0.2) is 5.48 Å². The van der Waals surface area contributed by atoms with Crippen LogP contribution in [0.3, 0.4) is 0 Å². The zero-order chi connectivity index (χ0) is 2.71. The molecule has 0 aliphatic carbocycles. The van der Waals surface area contributed by atoms with Crippen molar-refractivity contribution >= 4 is 0 Å². The van der Waals surface area contributed by atoms with E-state index in [0.717, 1.165) is 0 Å². The molecule has 0 aliphatic heterocycles. The van der Waals surface area contributed by atoms with E-state index in [1.165, 1.54) is 0 Å². The molecule has 0 saturated carbocycles. The molecule has 0 rings (SSSR count). The van der Waals surface area contributed by atoms with Crippen molar-refractivity contribution in [2.24, 2.45) is 0 Å². The molecule has 0 aromatic heterocycles. The van der Waals surface area contributed by atoms with Crippen molar-refractivity contribution in [2.75, 3.05) is 0 Å². The average molecular weight is 153 g/mol. The third-order valence-electron chi connectivity index (χ3n) is 0. The van der Waals surface area contributed by atoms with E-state index in [0.29, 0.717) is 0 Å². The van der Waals surface area contributed by atoms with Crippen LogP contribution in [0.1, 0.15) is 0 Å². The Morgan fingerprint density at radius 1 is 1.25 bits per heavy atom. The predicted molar refractivity (Wildman–Crippen MR) is 4.99 cm³/mol. The number of hydrogen-bond acceptors (Lipinski definition) is 2. The van der Waals surface area contributed by atoms with Crippen LogP contribution >= 0.6 is 0 Å². The molecule has 0 heterocycles. The van der Waals surface area contributed by atoms with Gasteiger partial charge in [0, 0.05) is 0 Å². The van der Waals surface area contributed by atoms with Crippen molar-refractivity contribution in [1.82, 2.24) is 0 Å². The summed E-state index contributed by atoms with van der Waals surface area (Å²) in [6, 6.07) is 0. The Hall–Kier alpha value is 0.183. The zero-order valence-corrected chi connectivity index (χ0v) is 3.29. The minimum absolute atomic E-state index is 0. The monoisotopic (exact) mass is 153 g/mol. The van der Waals surface area contributed by atoms with Crippen LogP contribution in [0.2, 0.25) is 0 Å². The molecule has 0 spiro atoms. The van der Waals surface area contributed by atoms with Gasteiger partial charge in [0.15, 0.2) is 0 Å². The molecule has 3 nitrogen and oxygen atoms in total. The first-order chi connectivity index (χ1) is 1.41. The summed E-state index contributed by atoms with van der Waals surface area (Å²) in [7, 11) is 0. The Kier molecular flexibility index (Phi) is 24.1. The summed E-state index contributed by atoms with van der Waals surface area (Å²) in [4.78, 5) is 0. The first-order valence-electron chi connectivity index (χ1n) is 0.272. The van der Waals surface area contributed by atoms with Crippen molar-refractivity contribution in [2.45, 2.75) is 0 Å². The fourth-order valence-corrected chi connectivity index (χ4v) is 0. The molecule has 0 fully saturated rings. The fourth-order valence-electron chi connectivity index (χ4n) is 0. The third kappa shape index (κ3) is 90.9. The van der Waals surface area contributed by atoms with E-state index >= 15 is 0 Å². The van der Waals surface area contributed by atoms with E-state index in [-0.39, 0.29) is 5.48 Å². The van der Waals surface area contributed by atoms with Crippen LogP contribution in [0.25, 0.3) is 0 Å². The average Bonchev–Trinajstić information content (AvgIpc) is 0.918. The molecule has 4 heteroatoms. The van der Waals surface area contributed by atoms with E-state index in [9.17, 15) is 0 Å². The Morgan fingerprint density at radius 3 is 1.25 bits per heavy atom. The van der Waals surface area contributed by atoms with Crippen LogP contribution in [0.4, 0.5) is 0 Å². The molecule has 0 unspecified atom stereocenters. The van der Waals surface area contributed by atoms with Crippen LogP contribution in [0.5, 0.6) is 0 Å². The number of rotatable bonds is 0. The van der Waals surface area contributed by atoms with Crippen LogP contribution in [-0.2, 0) is 24.2 Å². The normalized spacial score (nSPS) is 4.00. The Bertz CT molecular complexity index is 24.3. The van der Waals surface area contributed by atoms with E-state index in [1.807, 2.05) is 0 Å². The van der Waals surface area contributed by atoms with Gasteiger partial charge in [-0.2, -0.15) is 0 Å². The minimum atomic E-state index is -1.67. The van der Waals surface area contributed by atoms with Gasteiger partial charge in [-0.15, -0.1) is 0 Å². The molecule has 0 atom stereocenters. The first-order valence-corrected chi connectivity index (χ1v) is 1.61. The van der Waals surface area contributed by atoms with E-state index in [4.69, 9.17) is 7.15 Å². The van der Waals surface area contributed by atoms with Crippen molar-refractivity contribution in [3.63, 3.8) is 0 Å². The summed E-state index contributed by atoms with van der Waals surface area (Å²) >= 11 is -1.67. The van der Waals surface area contributed by atoms with Gasteiger partial charge in [-0.25, -0.2) is 0 Å². The second kappa shape index (κ2) is 10.8. The van der Waals surface area contributed by atoms with Crippen molar-refractivity contribution in [1.29, 1.82) is 0 Å². The van der Waals surface area contributed by atoms with E-state index < -0.39 is 17.0 Å². The van der Waals surface area contributed by atoms with Gasteiger partial charge in [-0.3, -0.25) is 0 Å². The SMILES string of the molecule is O.[O]=[Rh]=[O]. The second-order valence-corrected chi connectivity index (χ2v) is 0.329. The van der Waals surface area contributed by atoms with Crippen LogP contribution < -0.4 is 0 Å². The van der Waals surface area contributed by atoms with Crippen LogP contribution in [0, 0.1) is 0 Å². The quantitative estimate of drug-likeness (QED) is 0.416. The van der Waals surface area contributed by atoms with Gasteiger partial charge in [0.2, 0.25) is 0 Å². The molecule has 0 aromatic rings.